The van der Waals surface area contributed by atoms with Gasteiger partial charge in [-0.2, -0.15) is 13.2 Å². The number of aromatic nitrogens is 1. The van der Waals surface area contributed by atoms with Gasteiger partial charge >= 0.3 is 6.18 Å². The van der Waals surface area contributed by atoms with Crippen molar-refractivity contribution in [3.63, 3.8) is 0 Å². The summed E-state index contributed by atoms with van der Waals surface area (Å²) >= 11 is 7.40. The van der Waals surface area contributed by atoms with E-state index in [1.54, 1.807) is 32.0 Å². The second-order valence-electron chi connectivity index (χ2n) is 7.66. The van der Waals surface area contributed by atoms with Crippen LogP contribution in [0.2, 0.25) is 5.02 Å². The Morgan fingerprint density at radius 2 is 1.77 bits per heavy atom. The van der Waals surface area contributed by atoms with Gasteiger partial charge < -0.3 is 5.32 Å². The van der Waals surface area contributed by atoms with Gasteiger partial charge in [-0.05, 0) is 55.8 Å². The number of amides is 2. The molecule has 0 aliphatic rings. The zero-order valence-corrected chi connectivity index (χ0v) is 20.0. The first kappa shape index (κ1) is 24.6. The number of fused-ring (bicyclic) bond motifs is 1. The standard InChI is InChI=1S/C24H18ClF3N4O2S/c1-12-18(25)8-5-9-19(12)31-22(33)16-10-14(11-20-21(16)30-13(2)35-20)32(29)23(34)15-6-3-4-7-17(15)24(26,27)28/h3-11H,29H2,1-2H3,(H,31,33). The molecule has 35 heavy (non-hydrogen) atoms. The second-order valence-corrected chi connectivity index (χ2v) is 9.30. The largest absolute Gasteiger partial charge is 0.417 e. The third-order valence-electron chi connectivity index (χ3n) is 5.31. The van der Waals surface area contributed by atoms with Gasteiger partial charge in [-0.3, -0.25) is 9.59 Å². The Hall–Kier alpha value is -3.47. The first-order valence-electron chi connectivity index (χ1n) is 10.2. The van der Waals surface area contributed by atoms with E-state index in [0.29, 0.717) is 36.5 Å². The van der Waals surface area contributed by atoms with Crippen LogP contribution in [0.25, 0.3) is 10.2 Å². The van der Waals surface area contributed by atoms with E-state index in [1.807, 2.05) is 0 Å². The maximum atomic E-state index is 13.4. The number of anilines is 2. The molecule has 180 valence electrons. The van der Waals surface area contributed by atoms with Crippen LogP contribution < -0.4 is 16.2 Å². The summed E-state index contributed by atoms with van der Waals surface area (Å²) in [6, 6.07) is 12.2. The van der Waals surface area contributed by atoms with Crippen LogP contribution in [-0.4, -0.2) is 16.8 Å². The summed E-state index contributed by atoms with van der Waals surface area (Å²) < 4.78 is 40.9. The van der Waals surface area contributed by atoms with Gasteiger partial charge in [0.2, 0.25) is 0 Å². The molecule has 0 atom stereocenters. The van der Waals surface area contributed by atoms with E-state index in [2.05, 4.69) is 10.3 Å². The predicted molar refractivity (Wildman–Crippen MR) is 131 cm³/mol. The topological polar surface area (TPSA) is 88.3 Å². The Bertz CT molecular complexity index is 1470. The van der Waals surface area contributed by atoms with E-state index in [-0.39, 0.29) is 11.3 Å². The van der Waals surface area contributed by atoms with Gasteiger partial charge in [0.1, 0.15) is 0 Å². The summed E-state index contributed by atoms with van der Waals surface area (Å²) in [6.07, 6.45) is -4.74. The first-order chi connectivity index (χ1) is 16.5. The quantitative estimate of drug-likeness (QED) is 0.187. The number of halogens is 4. The van der Waals surface area contributed by atoms with Crippen molar-refractivity contribution in [3.8, 4) is 0 Å². The fraction of sp³-hybridized carbons (Fsp3) is 0.125. The highest BCUT2D eigenvalue weighted by Gasteiger charge is 2.36. The van der Waals surface area contributed by atoms with Gasteiger partial charge in [0.15, 0.2) is 0 Å². The van der Waals surface area contributed by atoms with Crippen molar-refractivity contribution in [2.75, 3.05) is 10.3 Å². The van der Waals surface area contributed by atoms with Crippen molar-refractivity contribution in [2.45, 2.75) is 20.0 Å². The van der Waals surface area contributed by atoms with E-state index < -0.39 is 29.1 Å². The van der Waals surface area contributed by atoms with E-state index in [9.17, 15) is 22.8 Å². The van der Waals surface area contributed by atoms with Crippen molar-refractivity contribution in [3.05, 3.63) is 86.9 Å². The molecule has 2 amide bonds. The van der Waals surface area contributed by atoms with E-state index in [4.69, 9.17) is 17.4 Å². The molecule has 11 heteroatoms. The Kier molecular flexibility index (Phi) is 6.54. The molecule has 1 heterocycles. The van der Waals surface area contributed by atoms with Gasteiger partial charge in [-0.15, -0.1) is 11.3 Å². The number of aryl methyl sites for hydroxylation is 1. The molecule has 6 nitrogen and oxygen atoms in total. The number of nitrogens with two attached hydrogens (primary N) is 1. The average Bonchev–Trinajstić information content (AvgIpc) is 3.19. The van der Waals surface area contributed by atoms with Crippen LogP contribution in [0.15, 0.2) is 54.6 Å². The molecule has 0 saturated carbocycles. The molecular weight excluding hydrogens is 501 g/mol. The van der Waals surface area contributed by atoms with E-state index >= 15 is 0 Å². The lowest BCUT2D eigenvalue weighted by molar-refractivity contribution is -0.137. The maximum absolute atomic E-state index is 13.4. The summed E-state index contributed by atoms with van der Waals surface area (Å²) in [4.78, 5) is 30.6. The van der Waals surface area contributed by atoms with E-state index in [1.165, 1.54) is 35.6 Å². The molecule has 4 aromatic rings. The van der Waals surface area contributed by atoms with Crippen LogP contribution in [0.5, 0.6) is 0 Å². The fourth-order valence-electron chi connectivity index (χ4n) is 3.53. The van der Waals surface area contributed by atoms with Crippen LogP contribution in [-0.2, 0) is 6.18 Å². The number of carbonyl (C=O) groups excluding carboxylic acids is 2. The number of hydrogen-bond acceptors (Lipinski definition) is 5. The number of nitrogens with one attached hydrogen (secondary N) is 1. The number of hydrogen-bond donors (Lipinski definition) is 2. The van der Waals surface area contributed by atoms with Crippen LogP contribution in [0.3, 0.4) is 0 Å². The number of carbonyl (C=O) groups is 2. The first-order valence-corrected chi connectivity index (χ1v) is 11.4. The van der Waals surface area contributed by atoms with E-state index in [0.717, 1.165) is 12.1 Å². The molecule has 0 fully saturated rings. The zero-order valence-electron chi connectivity index (χ0n) is 18.4. The van der Waals surface area contributed by atoms with Crippen LogP contribution in [0, 0.1) is 13.8 Å². The van der Waals surface area contributed by atoms with Crippen molar-refractivity contribution in [1.82, 2.24) is 4.98 Å². The van der Waals surface area contributed by atoms with Gasteiger partial charge in [0, 0.05) is 10.7 Å². The van der Waals surface area contributed by atoms with Gasteiger partial charge in [-0.1, -0.05) is 29.8 Å². The minimum absolute atomic E-state index is 0.0380. The molecule has 4 rings (SSSR count). The highest BCUT2D eigenvalue weighted by molar-refractivity contribution is 7.18. The number of alkyl halides is 3. The number of thiazole rings is 1. The molecule has 0 saturated heterocycles. The number of hydrazine groups is 1. The number of rotatable bonds is 4. The molecule has 0 unspecified atom stereocenters. The Morgan fingerprint density at radius 1 is 1.06 bits per heavy atom. The van der Waals surface area contributed by atoms with Gasteiger partial charge in [-0.25, -0.2) is 15.8 Å². The predicted octanol–water partition coefficient (Wildman–Crippen LogP) is 6.36. The third-order valence-corrected chi connectivity index (χ3v) is 6.63. The molecule has 0 aliphatic carbocycles. The molecule has 3 N–H and O–H groups in total. The van der Waals surface area contributed by atoms with Crippen molar-refractivity contribution < 1.29 is 22.8 Å². The van der Waals surface area contributed by atoms with Gasteiger partial charge in [0.25, 0.3) is 11.8 Å². The molecule has 0 radical (unpaired) electrons. The smallest absolute Gasteiger partial charge is 0.322 e. The molecule has 1 aromatic heterocycles. The lowest BCUT2D eigenvalue weighted by Crippen LogP contribution is -2.38. The molecule has 0 bridgehead atoms. The number of benzene rings is 3. The monoisotopic (exact) mass is 518 g/mol. The van der Waals surface area contributed by atoms with Crippen molar-refractivity contribution >= 4 is 56.3 Å². The van der Waals surface area contributed by atoms with Crippen LogP contribution >= 0.6 is 22.9 Å². The third kappa shape index (κ3) is 4.86. The molecule has 3 aromatic carbocycles. The molecule has 0 spiro atoms. The number of nitrogens with zero attached hydrogens (tertiary/aromatic N) is 2. The minimum Gasteiger partial charge on any atom is -0.322 e. The Balaban J connectivity index is 1.77. The fourth-order valence-corrected chi connectivity index (χ4v) is 4.60. The summed E-state index contributed by atoms with van der Waals surface area (Å²) in [6.45, 7) is 3.49. The van der Waals surface area contributed by atoms with Crippen molar-refractivity contribution in [1.29, 1.82) is 0 Å². The Labute approximate surface area is 207 Å². The van der Waals surface area contributed by atoms with Crippen LogP contribution in [0.1, 0.15) is 36.9 Å². The summed E-state index contributed by atoms with van der Waals surface area (Å²) in [5.41, 5.74) is -0.0561. The highest BCUT2D eigenvalue weighted by Crippen LogP contribution is 2.34. The SMILES string of the molecule is Cc1nc2c(C(=O)Nc3cccc(Cl)c3C)cc(N(N)C(=O)c3ccccc3C(F)(F)F)cc2s1. The molecular formula is C24H18ClF3N4O2S. The second kappa shape index (κ2) is 9.29. The minimum atomic E-state index is -4.74. The Morgan fingerprint density at radius 3 is 2.49 bits per heavy atom. The van der Waals surface area contributed by atoms with Gasteiger partial charge in [0.05, 0.1) is 37.6 Å². The highest BCUT2D eigenvalue weighted by atomic mass is 35.5. The summed E-state index contributed by atoms with van der Waals surface area (Å²) in [7, 11) is 0. The maximum Gasteiger partial charge on any atom is 0.417 e. The van der Waals surface area contributed by atoms with Crippen LogP contribution in [0.4, 0.5) is 24.5 Å². The normalized spacial score (nSPS) is 11.5. The zero-order chi connectivity index (χ0) is 25.5. The summed E-state index contributed by atoms with van der Waals surface area (Å²) in [5, 5.41) is 4.49. The lowest BCUT2D eigenvalue weighted by Gasteiger charge is -2.20. The summed E-state index contributed by atoms with van der Waals surface area (Å²) in [5.74, 6) is 4.39. The van der Waals surface area contributed by atoms with Crippen molar-refractivity contribution in [2.24, 2.45) is 5.84 Å². The molecule has 0 aliphatic heterocycles. The average molecular weight is 519 g/mol. The lowest BCUT2D eigenvalue weighted by atomic mass is 10.1.